The minimum atomic E-state index is -3.50. The molecule has 2 aromatic carbocycles. The first-order valence-corrected chi connectivity index (χ1v) is 9.58. The lowest BCUT2D eigenvalue weighted by Crippen LogP contribution is -2.59. The Morgan fingerprint density at radius 3 is 2.18 bits per heavy atom. The molecule has 0 radical (unpaired) electrons. The maximum Gasteiger partial charge on any atom is 0.243 e. The third-order valence-electron chi connectivity index (χ3n) is 4.18. The van der Waals surface area contributed by atoms with Crippen molar-refractivity contribution in [3.05, 3.63) is 65.7 Å². The fraction of sp³-hybridized carbons (Fsp3) is 0.294. The lowest BCUT2D eigenvalue weighted by Gasteiger charge is -2.50. The molecular formula is C17H18BrNO2S. The summed E-state index contributed by atoms with van der Waals surface area (Å²) in [5.41, 5.74) is 2.06. The second-order valence-corrected chi connectivity index (χ2v) is 8.59. The average molecular weight is 380 g/mol. The fourth-order valence-corrected chi connectivity index (χ4v) is 5.85. The molecule has 5 heteroatoms. The topological polar surface area (TPSA) is 37.4 Å². The average Bonchev–Trinajstić information content (AvgIpc) is 2.52. The quantitative estimate of drug-likeness (QED) is 0.758. The molecule has 3 nitrogen and oxygen atoms in total. The lowest BCUT2D eigenvalue weighted by atomic mass is 9.91. The van der Waals surface area contributed by atoms with Crippen LogP contribution < -0.4 is 0 Å². The molecular weight excluding hydrogens is 362 g/mol. The van der Waals surface area contributed by atoms with Gasteiger partial charge in [0.2, 0.25) is 10.0 Å². The van der Waals surface area contributed by atoms with Crippen LogP contribution in [0, 0.1) is 6.92 Å². The zero-order chi connectivity index (χ0) is 15.9. The molecule has 1 saturated heterocycles. The van der Waals surface area contributed by atoms with E-state index in [0.29, 0.717) is 4.90 Å². The first-order chi connectivity index (χ1) is 10.4. The van der Waals surface area contributed by atoms with Gasteiger partial charge in [-0.05, 0) is 31.5 Å². The molecule has 0 amide bonds. The smallest absolute Gasteiger partial charge is 0.207 e. The Morgan fingerprint density at radius 2 is 1.59 bits per heavy atom. The van der Waals surface area contributed by atoms with Gasteiger partial charge in [0, 0.05) is 6.04 Å². The zero-order valence-electron chi connectivity index (χ0n) is 12.5. The Hall–Kier alpha value is -1.17. The van der Waals surface area contributed by atoms with Crippen LogP contribution in [-0.2, 0) is 10.0 Å². The van der Waals surface area contributed by atoms with Gasteiger partial charge in [0.05, 0.1) is 15.8 Å². The summed E-state index contributed by atoms with van der Waals surface area (Å²) in [5, 5.41) is 0. The van der Waals surface area contributed by atoms with Crippen LogP contribution in [0.4, 0.5) is 0 Å². The van der Waals surface area contributed by atoms with Gasteiger partial charge in [-0.15, -0.1) is 0 Å². The Labute approximate surface area is 140 Å². The molecule has 2 aromatic rings. The molecule has 3 rings (SSSR count). The summed E-state index contributed by atoms with van der Waals surface area (Å²) < 4.78 is 27.5. The molecule has 0 bridgehead atoms. The molecule has 22 heavy (non-hydrogen) atoms. The van der Waals surface area contributed by atoms with E-state index in [2.05, 4.69) is 15.9 Å². The summed E-state index contributed by atoms with van der Waals surface area (Å²) in [4.78, 5) is 0.473. The molecule has 1 fully saturated rings. The summed E-state index contributed by atoms with van der Waals surface area (Å²) in [5.74, 6) is 0. The summed E-state index contributed by atoms with van der Waals surface area (Å²) in [6, 6.07) is 16.6. The Balaban J connectivity index is 2.00. The summed E-state index contributed by atoms with van der Waals surface area (Å²) >= 11 is 3.64. The van der Waals surface area contributed by atoms with Crippen LogP contribution in [-0.4, -0.2) is 23.6 Å². The van der Waals surface area contributed by atoms with E-state index in [-0.39, 0.29) is 16.9 Å². The Morgan fingerprint density at radius 1 is 1.00 bits per heavy atom. The van der Waals surface area contributed by atoms with Gasteiger partial charge >= 0.3 is 0 Å². The largest absolute Gasteiger partial charge is 0.243 e. The van der Waals surface area contributed by atoms with Gasteiger partial charge in [-0.1, -0.05) is 64.0 Å². The lowest BCUT2D eigenvalue weighted by molar-refractivity contribution is 0.141. The highest BCUT2D eigenvalue weighted by Gasteiger charge is 2.51. The Bertz CT molecular complexity index is 759. The van der Waals surface area contributed by atoms with Crippen LogP contribution in [0.2, 0.25) is 0 Å². The number of hydrogen-bond donors (Lipinski definition) is 0. The number of sulfonamides is 1. The van der Waals surface area contributed by atoms with E-state index in [1.165, 1.54) is 0 Å². The van der Waals surface area contributed by atoms with E-state index in [9.17, 15) is 8.42 Å². The number of nitrogens with zero attached hydrogens (tertiary/aromatic N) is 1. The van der Waals surface area contributed by atoms with E-state index < -0.39 is 10.0 Å². The van der Waals surface area contributed by atoms with Crippen LogP contribution in [0.3, 0.4) is 0 Å². The van der Waals surface area contributed by atoms with E-state index in [0.717, 1.165) is 11.1 Å². The van der Waals surface area contributed by atoms with Crippen LogP contribution in [0.1, 0.15) is 24.1 Å². The predicted octanol–water partition coefficient (Wildman–Crippen LogP) is 3.89. The van der Waals surface area contributed by atoms with Crippen molar-refractivity contribution >= 4 is 26.0 Å². The minimum Gasteiger partial charge on any atom is -0.207 e. The van der Waals surface area contributed by atoms with Crippen molar-refractivity contribution in [2.24, 2.45) is 0 Å². The maximum absolute atomic E-state index is 13.0. The molecule has 1 aliphatic rings. The monoisotopic (exact) mass is 379 g/mol. The highest BCUT2D eigenvalue weighted by atomic mass is 79.9. The second kappa shape index (κ2) is 5.80. The Kier molecular flexibility index (Phi) is 4.14. The number of alkyl halides is 1. The summed E-state index contributed by atoms with van der Waals surface area (Å²) in [7, 11) is -3.50. The highest BCUT2D eigenvalue weighted by Crippen LogP contribution is 2.46. The van der Waals surface area contributed by atoms with Gasteiger partial charge < -0.3 is 0 Å². The van der Waals surface area contributed by atoms with Crippen molar-refractivity contribution in [1.29, 1.82) is 0 Å². The van der Waals surface area contributed by atoms with Gasteiger partial charge in [-0.2, -0.15) is 4.31 Å². The zero-order valence-corrected chi connectivity index (χ0v) is 14.9. The van der Waals surface area contributed by atoms with E-state index in [1.54, 1.807) is 16.4 Å². The molecule has 0 aliphatic carbocycles. The maximum atomic E-state index is 13.0. The van der Waals surface area contributed by atoms with Crippen molar-refractivity contribution in [3.63, 3.8) is 0 Å². The normalized spacial score (nSPS) is 25.7. The van der Waals surface area contributed by atoms with Crippen LogP contribution >= 0.6 is 15.9 Å². The third-order valence-corrected chi connectivity index (χ3v) is 7.42. The van der Waals surface area contributed by atoms with Gasteiger partial charge in [-0.3, -0.25) is 0 Å². The van der Waals surface area contributed by atoms with E-state index in [1.807, 2.05) is 56.3 Å². The highest BCUT2D eigenvalue weighted by molar-refractivity contribution is 9.09. The van der Waals surface area contributed by atoms with Crippen molar-refractivity contribution in [3.8, 4) is 0 Å². The molecule has 0 unspecified atom stereocenters. The number of benzene rings is 2. The van der Waals surface area contributed by atoms with E-state index >= 15 is 0 Å². The number of halogens is 1. The van der Waals surface area contributed by atoms with E-state index in [4.69, 9.17) is 0 Å². The molecule has 116 valence electrons. The standard InChI is InChI=1S/C17H18BrNO2S/c1-12-8-10-15(11-9-12)22(20,21)19-13(2)16(18)17(19)14-6-4-3-5-7-14/h3-11,13,16-17H,1-2H3/t13-,16+,17-/m0/s1. The predicted molar refractivity (Wildman–Crippen MR) is 91.6 cm³/mol. The molecule has 0 saturated carbocycles. The molecule has 0 aromatic heterocycles. The van der Waals surface area contributed by atoms with Gasteiger partial charge in [0.25, 0.3) is 0 Å². The number of hydrogen-bond acceptors (Lipinski definition) is 2. The third kappa shape index (κ3) is 2.51. The van der Waals surface area contributed by atoms with Crippen molar-refractivity contribution in [2.45, 2.75) is 35.7 Å². The van der Waals surface area contributed by atoms with Crippen molar-refractivity contribution < 1.29 is 8.42 Å². The van der Waals surface area contributed by atoms with Crippen LogP contribution in [0.5, 0.6) is 0 Å². The van der Waals surface area contributed by atoms with Crippen LogP contribution in [0.25, 0.3) is 0 Å². The minimum absolute atomic E-state index is 0.0727. The van der Waals surface area contributed by atoms with Crippen molar-refractivity contribution in [1.82, 2.24) is 4.31 Å². The molecule has 0 N–H and O–H groups in total. The number of aryl methyl sites for hydroxylation is 1. The van der Waals surface area contributed by atoms with Crippen LogP contribution in [0.15, 0.2) is 59.5 Å². The first-order valence-electron chi connectivity index (χ1n) is 7.22. The number of rotatable bonds is 3. The molecule has 1 aliphatic heterocycles. The first kappa shape index (κ1) is 15.7. The van der Waals surface area contributed by atoms with Gasteiger partial charge in [0.1, 0.15) is 0 Å². The molecule has 3 atom stereocenters. The molecule has 1 heterocycles. The fourth-order valence-electron chi connectivity index (χ4n) is 2.88. The molecule has 0 spiro atoms. The SMILES string of the molecule is Cc1ccc(S(=O)(=O)N2[C@@H](C)[C@@H](Br)[C@@H]2c2ccccc2)cc1. The summed E-state index contributed by atoms with van der Waals surface area (Å²) in [6.07, 6.45) is 0. The van der Waals surface area contributed by atoms with Gasteiger partial charge in [0.15, 0.2) is 0 Å². The van der Waals surface area contributed by atoms with Crippen molar-refractivity contribution in [2.75, 3.05) is 0 Å². The summed E-state index contributed by atoms with van der Waals surface area (Å²) in [6.45, 7) is 3.88. The van der Waals surface area contributed by atoms with Gasteiger partial charge in [-0.25, -0.2) is 8.42 Å². The second-order valence-electron chi connectivity index (χ2n) is 5.69.